The van der Waals surface area contributed by atoms with Gasteiger partial charge in [-0.05, 0) is 67.6 Å². The van der Waals surface area contributed by atoms with Crippen LogP contribution in [0.25, 0.3) is 10.8 Å². The molecule has 1 aliphatic rings. The van der Waals surface area contributed by atoms with Crippen LogP contribution in [0.15, 0.2) is 66.7 Å². The lowest BCUT2D eigenvalue weighted by Gasteiger charge is -2.35. The van der Waals surface area contributed by atoms with Crippen molar-refractivity contribution in [2.45, 2.75) is 57.8 Å². The molecule has 1 saturated carbocycles. The number of alkyl carbamates (subject to hydrolysis) is 1. The fourth-order valence-electron chi connectivity index (χ4n) is 4.75. The molecule has 1 aliphatic carbocycles. The highest BCUT2D eigenvalue weighted by molar-refractivity contribution is 6.01. The number of amides is 3. The summed E-state index contributed by atoms with van der Waals surface area (Å²) in [5.74, 6) is 1.67. The van der Waals surface area contributed by atoms with Gasteiger partial charge in [0.25, 0.3) is 5.91 Å². The fraction of sp³-hybridized carbons (Fsp3) is 0.344. The normalized spacial score (nSPS) is 17.7. The van der Waals surface area contributed by atoms with Gasteiger partial charge in [-0.25, -0.2) is 4.79 Å². The summed E-state index contributed by atoms with van der Waals surface area (Å²) in [5, 5.41) is 17.6. The Morgan fingerprint density at radius 1 is 1.07 bits per heavy atom. The monoisotopic (exact) mass is 541 g/mol. The molecular weight excluding hydrogens is 506 g/mol. The van der Waals surface area contributed by atoms with Crippen molar-refractivity contribution in [3.63, 3.8) is 0 Å². The topological polar surface area (TPSA) is 108 Å². The summed E-state index contributed by atoms with van der Waals surface area (Å²) in [7, 11) is 0. The van der Waals surface area contributed by atoms with Crippen LogP contribution in [0, 0.1) is 18.3 Å². The van der Waals surface area contributed by atoms with Crippen LogP contribution in [-0.2, 0) is 14.3 Å². The Balaban J connectivity index is 1.73. The van der Waals surface area contributed by atoms with E-state index in [9.17, 15) is 19.5 Å². The van der Waals surface area contributed by atoms with E-state index in [1.54, 1.807) is 51.1 Å². The molecule has 8 heteroatoms. The van der Waals surface area contributed by atoms with E-state index in [1.165, 1.54) is 4.90 Å². The van der Waals surface area contributed by atoms with Gasteiger partial charge in [0.1, 0.15) is 17.7 Å². The summed E-state index contributed by atoms with van der Waals surface area (Å²) >= 11 is 0. The molecule has 3 amide bonds. The second kappa shape index (κ2) is 11.8. The van der Waals surface area contributed by atoms with Crippen molar-refractivity contribution < 1.29 is 24.2 Å². The number of terminal acetylenes is 1. The van der Waals surface area contributed by atoms with E-state index in [2.05, 4.69) is 16.6 Å². The molecule has 208 valence electrons. The van der Waals surface area contributed by atoms with Crippen LogP contribution < -0.4 is 10.6 Å². The summed E-state index contributed by atoms with van der Waals surface area (Å²) in [4.78, 5) is 42.0. The van der Waals surface area contributed by atoms with Gasteiger partial charge in [-0.1, -0.05) is 61.4 Å². The van der Waals surface area contributed by atoms with E-state index in [1.807, 2.05) is 43.3 Å². The number of anilines is 1. The van der Waals surface area contributed by atoms with Gasteiger partial charge >= 0.3 is 6.09 Å². The minimum Gasteiger partial charge on any atom is -0.444 e. The molecule has 3 N–H and O–H groups in total. The van der Waals surface area contributed by atoms with E-state index < -0.39 is 42.2 Å². The Hall–Kier alpha value is -4.35. The number of benzene rings is 3. The first-order chi connectivity index (χ1) is 19.0. The highest BCUT2D eigenvalue weighted by Crippen LogP contribution is 2.41. The third kappa shape index (κ3) is 6.61. The minimum absolute atomic E-state index is 0.110. The average molecular weight is 542 g/mol. The molecule has 4 unspecified atom stereocenters. The van der Waals surface area contributed by atoms with Gasteiger partial charge in [0.15, 0.2) is 0 Å². The molecule has 1 fully saturated rings. The van der Waals surface area contributed by atoms with Crippen molar-refractivity contribution in [3.8, 4) is 12.3 Å². The number of hydrogen-bond donors (Lipinski definition) is 3. The fourth-order valence-corrected chi connectivity index (χ4v) is 4.75. The smallest absolute Gasteiger partial charge is 0.408 e. The molecule has 3 aromatic rings. The Morgan fingerprint density at radius 3 is 2.35 bits per heavy atom. The molecule has 0 spiro atoms. The quantitative estimate of drug-likeness (QED) is 0.361. The zero-order valence-electron chi connectivity index (χ0n) is 23.2. The highest BCUT2D eigenvalue weighted by Gasteiger charge is 2.48. The molecule has 0 bridgehead atoms. The van der Waals surface area contributed by atoms with E-state index in [-0.39, 0.29) is 12.0 Å². The van der Waals surface area contributed by atoms with Gasteiger partial charge in [0, 0.05) is 17.3 Å². The van der Waals surface area contributed by atoms with Gasteiger partial charge in [-0.2, -0.15) is 0 Å². The average Bonchev–Trinajstić information content (AvgIpc) is 3.64. The molecule has 4 rings (SSSR count). The van der Waals surface area contributed by atoms with Crippen LogP contribution in [0.4, 0.5) is 10.5 Å². The molecule has 8 nitrogen and oxygen atoms in total. The first-order valence-corrected chi connectivity index (χ1v) is 13.3. The van der Waals surface area contributed by atoms with Crippen LogP contribution in [-0.4, -0.2) is 52.2 Å². The van der Waals surface area contributed by atoms with E-state index in [0.29, 0.717) is 23.2 Å². The van der Waals surface area contributed by atoms with Crippen LogP contribution in [0.2, 0.25) is 0 Å². The molecule has 0 saturated heterocycles. The van der Waals surface area contributed by atoms with E-state index in [4.69, 9.17) is 11.2 Å². The number of rotatable bonds is 8. The van der Waals surface area contributed by atoms with Gasteiger partial charge in [0.05, 0.1) is 6.61 Å². The van der Waals surface area contributed by atoms with Crippen molar-refractivity contribution in [3.05, 3.63) is 77.9 Å². The zero-order valence-corrected chi connectivity index (χ0v) is 23.2. The molecule has 0 aliphatic heterocycles. The number of carbonyl (C=O) groups excluding carboxylic acids is 3. The molecule has 4 atom stereocenters. The number of nitrogens with zero attached hydrogens (tertiary/aromatic N) is 1. The first kappa shape index (κ1) is 28.7. The van der Waals surface area contributed by atoms with E-state index in [0.717, 1.165) is 10.8 Å². The maximum atomic E-state index is 14.1. The summed E-state index contributed by atoms with van der Waals surface area (Å²) < 4.78 is 5.30. The van der Waals surface area contributed by atoms with Crippen molar-refractivity contribution in [1.82, 2.24) is 10.2 Å². The molecule has 40 heavy (non-hydrogen) atoms. The Kier molecular flexibility index (Phi) is 8.46. The Morgan fingerprint density at radius 2 is 1.73 bits per heavy atom. The van der Waals surface area contributed by atoms with E-state index >= 15 is 0 Å². The lowest BCUT2D eigenvalue weighted by molar-refractivity contribution is -0.142. The van der Waals surface area contributed by atoms with Crippen molar-refractivity contribution >= 4 is 34.4 Å². The maximum absolute atomic E-state index is 14.1. The summed E-state index contributed by atoms with van der Waals surface area (Å²) in [5.41, 5.74) is 0.706. The second-order valence-corrected chi connectivity index (χ2v) is 11.1. The number of aliphatic hydroxyl groups excluding tert-OH is 1. The summed E-state index contributed by atoms with van der Waals surface area (Å²) in [6.07, 6.45) is 5.63. The number of fused-ring (bicyclic) bond motifs is 1. The SMILES string of the molecule is C#Cc1ccccc1C(C(=O)Nc1ccc2ccccc2c1)N(C(=O)C(CO)NC(=O)OC(C)(C)C)C1CC1C. The third-order valence-electron chi connectivity index (χ3n) is 6.80. The number of aliphatic hydroxyl groups is 1. The van der Waals surface area contributed by atoms with Crippen LogP contribution in [0.5, 0.6) is 0 Å². The predicted molar refractivity (Wildman–Crippen MR) is 154 cm³/mol. The zero-order chi connectivity index (χ0) is 29.0. The molecule has 3 aromatic carbocycles. The first-order valence-electron chi connectivity index (χ1n) is 13.3. The van der Waals surface area contributed by atoms with Crippen molar-refractivity contribution in [2.75, 3.05) is 11.9 Å². The van der Waals surface area contributed by atoms with Crippen molar-refractivity contribution in [1.29, 1.82) is 0 Å². The molecule has 0 radical (unpaired) electrons. The summed E-state index contributed by atoms with van der Waals surface area (Å²) in [6.45, 7) is 6.40. The third-order valence-corrected chi connectivity index (χ3v) is 6.80. The Labute approximate surface area is 234 Å². The number of carbonyl (C=O) groups is 3. The lowest BCUT2D eigenvalue weighted by Crippen LogP contribution is -2.54. The maximum Gasteiger partial charge on any atom is 0.408 e. The predicted octanol–water partition coefficient (Wildman–Crippen LogP) is 4.62. The lowest BCUT2D eigenvalue weighted by atomic mass is 9.97. The Bertz CT molecular complexity index is 1450. The number of hydrogen-bond acceptors (Lipinski definition) is 5. The van der Waals surface area contributed by atoms with Gasteiger partial charge in [-0.3, -0.25) is 9.59 Å². The molecule has 0 aromatic heterocycles. The largest absolute Gasteiger partial charge is 0.444 e. The van der Waals surface area contributed by atoms with Crippen LogP contribution in [0.3, 0.4) is 0 Å². The highest BCUT2D eigenvalue weighted by atomic mass is 16.6. The van der Waals surface area contributed by atoms with Gasteiger partial charge in [-0.15, -0.1) is 6.42 Å². The molecule has 0 heterocycles. The van der Waals surface area contributed by atoms with Crippen LogP contribution >= 0.6 is 0 Å². The number of nitrogens with one attached hydrogen (secondary N) is 2. The van der Waals surface area contributed by atoms with Gasteiger partial charge in [0.2, 0.25) is 5.91 Å². The van der Waals surface area contributed by atoms with Crippen LogP contribution in [0.1, 0.15) is 51.3 Å². The standard InChI is InChI=1S/C32H35N3O5/c1-6-21-11-9-10-14-25(21)28(29(37)33-24-16-15-22-12-7-8-13-23(22)18-24)35(27-17-20(27)2)30(38)26(19-36)34-31(39)40-32(3,4)5/h1,7-16,18,20,26-28,36H,17,19H2,2-5H3,(H,33,37)(H,34,39). The summed E-state index contributed by atoms with van der Waals surface area (Å²) in [6, 6.07) is 17.6. The second-order valence-electron chi connectivity index (χ2n) is 11.1. The van der Waals surface area contributed by atoms with Gasteiger partial charge < -0.3 is 25.4 Å². The minimum atomic E-state index is -1.32. The molecular formula is C32H35N3O5. The van der Waals surface area contributed by atoms with Crippen molar-refractivity contribution in [2.24, 2.45) is 5.92 Å². The number of ether oxygens (including phenoxy) is 1.